The molecule has 152 valence electrons. The minimum absolute atomic E-state index is 0.273. The van der Waals surface area contributed by atoms with Gasteiger partial charge in [-0.1, -0.05) is 53.0 Å². The number of benzene rings is 3. The van der Waals surface area contributed by atoms with Crippen LogP contribution in [0.3, 0.4) is 0 Å². The normalized spacial score (nSPS) is 11.1. The predicted octanol–water partition coefficient (Wildman–Crippen LogP) is 6.05. The van der Waals surface area contributed by atoms with Crippen molar-refractivity contribution in [3.63, 3.8) is 0 Å². The molecule has 0 spiro atoms. The second-order valence-electron chi connectivity index (χ2n) is 6.30. The smallest absolute Gasteiger partial charge is 0.271 e. The zero-order chi connectivity index (χ0) is 21.7. The summed E-state index contributed by atoms with van der Waals surface area (Å²) in [7, 11) is 0. The second-order valence-corrected chi connectivity index (χ2v) is 7.58. The van der Waals surface area contributed by atoms with Gasteiger partial charge in [-0.05, 0) is 61.0 Å². The Hall–Kier alpha value is -2.86. The third-order valence-electron chi connectivity index (χ3n) is 4.15. The standard InChI is InChI=1S/C22H16Cl3N3O2/c1-13(27-28-21(29)15-3-2-4-16(23)11-15)14-5-8-18(9-6-14)26-22(30)19-10-7-17(24)12-20(19)25/h2-12H,1H3,(H,26,30)(H,28,29)/b27-13-. The number of halogens is 3. The minimum Gasteiger partial charge on any atom is -0.322 e. The van der Waals surface area contributed by atoms with Gasteiger partial charge in [0.1, 0.15) is 0 Å². The van der Waals surface area contributed by atoms with Crippen LogP contribution in [0, 0.1) is 0 Å². The first kappa shape index (κ1) is 21.8. The summed E-state index contributed by atoms with van der Waals surface area (Å²) in [5.74, 6) is -0.704. The molecule has 0 saturated carbocycles. The van der Waals surface area contributed by atoms with Crippen molar-refractivity contribution in [1.82, 2.24) is 5.43 Å². The Balaban J connectivity index is 1.65. The summed E-state index contributed by atoms with van der Waals surface area (Å²) >= 11 is 17.8. The van der Waals surface area contributed by atoms with Crippen LogP contribution in [0.15, 0.2) is 71.8 Å². The summed E-state index contributed by atoms with van der Waals surface area (Å²) in [5, 5.41) is 8.09. The Labute approximate surface area is 188 Å². The van der Waals surface area contributed by atoms with Crippen molar-refractivity contribution >= 4 is 58.0 Å². The van der Waals surface area contributed by atoms with Gasteiger partial charge in [-0.2, -0.15) is 5.10 Å². The molecule has 8 heteroatoms. The van der Waals surface area contributed by atoms with E-state index in [2.05, 4.69) is 15.8 Å². The van der Waals surface area contributed by atoms with E-state index < -0.39 is 0 Å². The Morgan fingerprint density at radius 2 is 1.50 bits per heavy atom. The quantitative estimate of drug-likeness (QED) is 0.359. The molecule has 3 aromatic carbocycles. The van der Waals surface area contributed by atoms with Crippen molar-refractivity contribution < 1.29 is 9.59 Å². The van der Waals surface area contributed by atoms with Crippen LogP contribution in [0.2, 0.25) is 15.1 Å². The maximum absolute atomic E-state index is 12.4. The number of hydrazone groups is 1. The van der Waals surface area contributed by atoms with E-state index in [0.717, 1.165) is 5.56 Å². The molecule has 5 nitrogen and oxygen atoms in total. The van der Waals surface area contributed by atoms with Gasteiger partial charge < -0.3 is 5.32 Å². The highest BCUT2D eigenvalue weighted by atomic mass is 35.5. The van der Waals surface area contributed by atoms with Crippen molar-refractivity contribution in [2.45, 2.75) is 6.92 Å². The van der Waals surface area contributed by atoms with Crippen molar-refractivity contribution in [1.29, 1.82) is 0 Å². The number of nitrogens with zero attached hydrogens (tertiary/aromatic N) is 1. The lowest BCUT2D eigenvalue weighted by Gasteiger charge is -2.08. The summed E-state index contributed by atoms with van der Waals surface area (Å²) in [5.41, 5.74) is 5.21. The molecule has 0 aliphatic heterocycles. The van der Waals surface area contributed by atoms with Crippen LogP contribution in [0.4, 0.5) is 5.69 Å². The molecule has 0 fully saturated rings. The number of rotatable bonds is 5. The van der Waals surface area contributed by atoms with Crippen LogP contribution in [-0.4, -0.2) is 17.5 Å². The Morgan fingerprint density at radius 1 is 0.800 bits per heavy atom. The van der Waals surface area contributed by atoms with Crippen LogP contribution in [0.5, 0.6) is 0 Å². The van der Waals surface area contributed by atoms with E-state index in [4.69, 9.17) is 34.8 Å². The third kappa shape index (κ3) is 5.60. The highest BCUT2D eigenvalue weighted by Crippen LogP contribution is 2.22. The van der Waals surface area contributed by atoms with Gasteiger partial charge >= 0.3 is 0 Å². The molecule has 0 aliphatic rings. The molecule has 0 aliphatic carbocycles. The van der Waals surface area contributed by atoms with E-state index in [-0.39, 0.29) is 16.8 Å². The molecule has 2 amide bonds. The van der Waals surface area contributed by atoms with Gasteiger partial charge in [-0.25, -0.2) is 5.43 Å². The summed E-state index contributed by atoms with van der Waals surface area (Å²) in [6, 6.07) is 18.3. The number of carbonyl (C=O) groups is 2. The maximum atomic E-state index is 12.4. The van der Waals surface area contributed by atoms with Crippen molar-refractivity contribution in [3.8, 4) is 0 Å². The summed E-state index contributed by atoms with van der Waals surface area (Å²) < 4.78 is 0. The number of anilines is 1. The van der Waals surface area contributed by atoms with Crippen molar-refractivity contribution in [2.75, 3.05) is 5.32 Å². The van der Waals surface area contributed by atoms with E-state index in [1.165, 1.54) is 6.07 Å². The van der Waals surface area contributed by atoms with Gasteiger partial charge in [0.25, 0.3) is 11.8 Å². The topological polar surface area (TPSA) is 70.6 Å². The van der Waals surface area contributed by atoms with E-state index in [1.54, 1.807) is 67.6 Å². The lowest BCUT2D eigenvalue weighted by atomic mass is 10.1. The fourth-order valence-electron chi connectivity index (χ4n) is 2.56. The van der Waals surface area contributed by atoms with Gasteiger partial charge in [-0.3, -0.25) is 9.59 Å². The molecule has 0 aromatic heterocycles. The SMILES string of the molecule is C/C(=N/NC(=O)c1cccc(Cl)c1)c1ccc(NC(=O)c2ccc(Cl)cc2Cl)cc1. The fourth-order valence-corrected chi connectivity index (χ4v) is 3.24. The first-order chi connectivity index (χ1) is 14.3. The lowest BCUT2D eigenvalue weighted by Crippen LogP contribution is -2.19. The van der Waals surface area contributed by atoms with Crippen molar-refractivity contribution in [2.24, 2.45) is 5.10 Å². The Morgan fingerprint density at radius 3 is 2.17 bits per heavy atom. The molecular formula is C22H16Cl3N3O2. The monoisotopic (exact) mass is 459 g/mol. The van der Waals surface area contributed by atoms with Crippen LogP contribution in [0.1, 0.15) is 33.2 Å². The fraction of sp³-hybridized carbons (Fsp3) is 0.0455. The molecule has 0 radical (unpaired) electrons. The largest absolute Gasteiger partial charge is 0.322 e. The van der Waals surface area contributed by atoms with Crippen molar-refractivity contribution in [3.05, 3.63) is 98.5 Å². The summed E-state index contributed by atoms with van der Waals surface area (Å²) in [6.07, 6.45) is 0. The molecule has 0 saturated heterocycles. The molecule has 3 rings (SSSR count). The average Bonchev–Trinajstić information content (AvgIpc) is 2.72. The highest BCUT2D eigenvalue weighted by molar-refractivity contribution is 6.37. The summed E-state index contributed by atoms with van der Waals surface area (Å²) in [4.78, 5) is 24.5. The molecule has 0 heterocycles. The maximum Gasteiger partial charge on any atom is 0.271 e. The molecule has 0 bridgehead atoms. The van der Waals surface area contributed by atoms with Gasteiger partial charge in [0.15, 0.2) is 0 Å². The third-order valence-corrected chi connectivity index (χ3v) is 4.93. The number of nitrogens with one attached hydrogen (secondary N) is 2. The van der Waals surface area contributed by atoms with Crippen LogP contribution >= 0.6 is 34.8 Å². The predicted molar refractivity (Wildman–Crippen MR) is 122 cm³/mol. The first-order valence-corrected chi connectivity index (χ1v) is 9.94. The molecule has 0 unspecified atom stereocenters. The first-order valence-electron chi connectivity index (χ1n) is 8.80. The van der Waals surface area contributed by atoms with E-state index >= 15 is 0 Å². The van der Waals surface area contributed by atoms with Gasteiger partial charge in [0, 0.05) is 21.3 Å². The Kier molecular flexibility index (Phi) is 7.11. The highest BCUT2D eigenvalue weighted by Gasteiger charge is 2.11. The van der Waals surface area contributed by atoms with E-state index in [0.29, 0.717) is 32.6 Å². The zero-order valence-corrected chi connectivity index (χ0v) is 18.0. The van der Waals surface area contributed by atoms with Crippen LogP contribution in [-0.2, 0) is 0 Å². The second kappa shape index (κ2) is 9.76. The van der Waals surface area contributed by atoms with E-state index in [9.17, 15) is 9.59 Å². The van der Waals surface area contributed by atoms with Gasteiger partial charge in [0.2, 0.25) is 0 Å². The minimum atomic E-state index is -0.361. The molecule has 2 N–H and O–H groups in total. The molecule has 3 aromatic rings. The number of carbonyl (C=O) groups excluding carboxylic acids is 2. The number of hydrogen-bond donors (Lipinski definition) is 2. The van der Waals surface area contributed by atoms with Crippen LogP contribution in [0.25, 0.3) is 0 Å². The zero-order valence-electron chi connectivity index (χ0n) is 15.7. The number of hydrogen-bond acceptors (Lipinski definition) is 3. The Bertz CT molecular complexity index is 1130. The van der Waals surface area contributed by atoms with Crippen LogP contribution < -0.4 is 10.7 Å². The summed E-state index contributed by atoms with van der Waals surface area (Å²) in [6.45, 7) is 1.76. The number of amides is 2. The molecular weight excluding hydrogens is 445 g/mol. The average molecular weight is 461 g/mol. The molecule has 0 atom stereocenters. The molecule has 30 heavy (non-hydrogen) atoms. The van der Waals surface area contributed by atoms with E-state index in [1.807, 2.05) is 0 Å². The van der Waals surface area contributed by atoms with Gasteiger partial charge in [-0.15, -0.1) is 0 Å². The van der Waals surface area contributed by atoms with Gasteiger partial charge in [0.05, 0.1) is 16.3 Å². The lowest BCUT2D eigenvalue weighted by molar-refractivity contribution is 0.0954.